The highest BCUT2D eigenvalue weighted by Crippen LogP contribution is 2.33. The summed E-state index contributed by atoms with van der Waals surface area (Å²) in [6.07, 6.45) is 6.65. The summed E-state index contributed by atoms with van der Waals surface area (Å²) in [5.41, 5.74) is -0.559. The fraction of sp³-hybridized carbons (Fsp3) is 0.500. The van der Waals surface area contributed by atoms with Gasteiger partial charge in [0.25, 0.3) is 0 Å². The highest BCUT2D eigenvalue weighted by atomic mass is 16.6. The number of hydrogen-bond acceptors (Lipinski definition) is 3. The zero-order valence-electron chi connectivity index (χ0n) is 10.2. The van der Waals surface area contributed by atoms with Gasteiger partial charge in [0.2, 0.25) is 5.91 Å². The van der Waals surface area contributed by atoms with Crippen molar-refractivity contribution in [2.45, 2.75) is 26.3 Å². The predicted octanol–water partition coefficient (Wildman–Crippen LogP) is 1.68. The van der Waals surface area contributed by atoms with Gasteiger partial charge in [-0.3, -0.25) is 4.79 Å². The quantitative estimate of drug-likeness (QED) is 0.651. The summed E-state index contributed by atoms with van der Waals surface area (Å²) in [5, 5.41) is 2.68. The molecule has 0 radical (unpaired) electrons. The molecule has 2 aliphatic rings. The second kappa shape index (κ2) is 3.91. The molecular weight excluding hydrogens is 220 g/mol. The van der Waals surface area contributed by atoms with Crippen LogP contribution in [0.5, 0.6) is 0 Å². The molecule has 0 aromatic rings. The number of ether oxygens (including phenoxy) is 1. The number of fused-ring (bicyclic) bond motifs is 1. The van der Waals surface area contributed by atoms with E-state index in [1.165, 1.54) is 10.0 Å². The summed E-state index contributed by atoms with van der Waals surface area (Å²) in [5.74, 6) is -0.326. The van der Waals surface area contributed by atoms with Crippen molar-refractivity contribution in [2.24, 2.45) is 5.92 Å². The molecule has 92 valence electrons. The van der Waals surface area contributed by atoms with Gasteiger partial charge in [-0.25, -0.2) is 9.80 Å². The Morgan fingerprint density at radius 1 is 1.53 bits per heavy atom. The number of hydrogen-bond donors (Lipinski definition) is 0. The third-order valence-corrected chi connectivity index (χ3v) is 3.00. The Bertz CT molecular complexity index is 416. The standard InChI is InChI=1S/C12H16N2O3/c1-4-17-11(16)13-8-7-12(3)6-5-9(2)10(15)14(12)13/h5-9H,4H2,1-3H3/t9-,12+/m0/s1. The minimum atomic E-state index is -0.559. The average Bonchev–Trinajstić information content (AvgIpc) is 2.63. The largest absolute Gasteiger partial charge is 0.448 e. The summed E-state index contributed by atoms with van der Waals surface area (Å²) in [7, 11) is 0. The first kappa shape index (κ1) is 11.7. The molecule has 0 bridgehead atoms. The van der Waals surface area contributed by atoms with Crippen LogP contribution >= 0.6 is 0 Å². The Morgan fingerprint density at radius 3 is 2.88 bits per heavy atom. The van der Waals surface area contributed by atoms with Gasteiger partial charge in [-0.2, -0.15) is 5.01 Å². The van der Waals surface area contributed by atoms with Crippen LogP contribution in [0.4, 0.5) is 4.79 Å². The first-order valence-corrected chi connectivity index (χ1v) is 5.68. The lowest BCUT2D eigenvalue weighted by atomic mass is 9.93. The summed E-state index contributed by atoms with van der Waals surface area (Å²) in [6, 6.07) is 0. The van der Waals surface area contributed by atoms with Crippen molar-refractivity contribution in [1.29, 1.82) is 0 Å². The average molecular weight is 236 g/mol. The number of carbonyl (C=O) groups excluding carboxylic acids is 2. The van der Waals surface area contributed by atoms with Crippen LogP contribution < -0.4 is 0 Å². The van der Waals surface area contributed by atoms with E-state index >= 15 is 0 Å². The summed E-state index contributed by atoms with van der Waals surface area (Å²) in [4.78, 5) is 23.8. The topological polar surface area (TPSA) is 49.9 Å². The molecule has 2 heterocycles. The summed E-state index contributed by atoms with van der Waals surface area (Å²) < 4.78 is 4.92. The fourth-order valence-electron chi connectivity index (χ4n) is 2.01. The predicted molar refractivity (Wildman–Crippen MR) is 61.6 cm³/mol. The first-order valence-electron chi connectivity index (χ1n) is 5.68. The van der Waals surface area contributed by atoms with E-state index in [0.29, 0.717) is 0 Å². The minimum Gasteiger partial charge on any atom is -0.448 e. The lowest BCUT2D eigenvalue weighted by Gasteiger charge is -2.40. The van der Waals surface area contributed by atoms with Crippen molar-refractivity contribution >= 4 is 12.0 Å². The molecule has 5 heteroatoms. The molecule has 5 nitrogen and oxygen atoms in total. The zero-order valence-corrected chi connectivity index (χ0v) is 10.2. The second-order valence-corrected chi connectivity index (χ2v) is 4.38. The number of nitrogens with zero attached hydrogens (tertiary/aromatic N) is 2. The maximum Gasteiger partial charge on any atom is 0.433 e. The molecule has 2 aliphatic heterocycles. The molecule has 0 aromatic carbocycles. The van der Waals surface area contributed by atoms with Crippen LogP contribution in [0.1, 0.15) is 20.8 Å². The summed E-state index contributed by atoms with van der Waals surface area (Å²) >= 11 is 0. The number of carbonyl (C=O) groups is 2. The molecule has 2 rings (SSSR count). The van der Waals surface area contributed by atoms with Gasteiger partial charge >= 0.3 is 6.09 Å². The zero-order chi connectivity index (χ0) is 12.6. The third kappa shape index (κ3) is 1.71. The van der Waals surface area contributed by atoms with Crippen molar-refractivity contribution in [2.75, 3.05) is 6.61 Å². The van der Waals surface area contributed by atoms with Gasteiger partial charge < -0.3 is 4.74 Å². The highest BCUT2D eigenvalue weighted by molar-refractivity contribution is 5.86. The normalized spacial score (nSPS) is 30.8. The molecule has 2 atom stereocenters. The Balaban J connectivity index is 2.30. The fourth-order valence-corrected chi connectivity index (χ4v) is 2.01. The van der Waals surface area contributed by atoms with Gasteiger partial charge in [0, 0.05) is 6.20 Å². The SMILES string of the molecule is CCOC(=O)N1C=C[C@@]2(C)C=C[C@H](C)C(=O)N12. The van der Waals surface area contributed by atoms with Gasteiger partial charge in [0.1, 0.15) is 5.54 Å². The van der Waals surface area contributed by atoms with E-state index < -0.39 is 11.6 Å². The van der Waals surface area contributed by atoms with Crippen LogP contribution in [0.3, 0.4) is 0 Å². The van der Waals surface area contributed by atoms with E-state index in [1.54, 1.807) is 20.0 Å². The van der Waals surface area contributed by atoms with Crippen LogP contribution in [0.15, 0.2) is 24.4 Å². The number of hydrazine groups is 1. The number of rotatable bonds is 1. The van der Waals surface area contributed by atoms with E-state index in [9.17, 15) is 9.59 Å². The Kier molecular flexibility index (Phi) is 2.69. The maximum absolute atomic E-state index is 12.1. The second-order valence-electron chi connectivity index (χ2n) is 4.38. The van der Waals surface area contributed by atoms with E-state index in [4.69, 9.17) is 4.74 Å². The Labute approximate surface area is 100 Å². The highest BCUT2D eigenvalue weighted by Gasteiger charge is 2.45. The van der Waals surface area contributed by atoms with E-state index in [0.717, 1.165) is 0 Å². The molecular formula is C12H16N2O3. The molecule has 0 saturated carbocycles. The maximum atomic E-state index is 12.1. The lowest BCUT2D eigenvalue weighted by molar-refractivity contribution is -0.150. The minimum absolute atomic E-state index is 0.104. The lowest BCUT2D eigenvalue weighted by Crippen LogP contribution is -2.56. The van der Waals surface area contributed by atoms with E-state index in [2.05, 4.69) is 0 Å². The molecule has 0 unspecified atom stereocenters. The van der Waals surface area contributed by atoms with Gasteiger partial charge in [-0.05, 0) is 19.9 Å². The smallest absolute Gasteiger partial charge is 0.433 e. The third-order valence-electron chi connectivity index (χ3n) is 3.00. The van der Waals surface area contributed by atoms with Crippen LogP contribution in [0.2, 0.25) is 0 Å². The molecule has 0 aliphatic carbocycles. The molecule has 2 amide bonds. The molecule has 0 N–H and O–H groups in total. The van der Waals surface area contributed by atoms with Gasteiger partial charge in [0.15, 0.2) is 0 Å². The Hall–Kier alpha value is -1.78. The van der Waals surface area contributed by atoms with E-state index in [-0.39, 0.29) is 18.4 Å². The van der Waals surface area contributed by atoms with Crippen LogP contribution in [0.25, 0.3) is 0 Å². The first-order chi connectivity index (χ1) is 7.99. The van der Waals surface area contributed by atoms with Gasteiger partial charge in [-0.15, -0.1) is 0 Å². The van der Waals surface area contributed by atoms with Crippen molar-refractivity contribution in [1.82, 2.24) is 10.0 Å². The van der Waals surface area contributed by atoms with Gasteiger partial charge in [0.05, 0.1) is 12.5 Å². The Morgan fingerprint density at radius 2 is 2.24 bits per heavy atom. The molecule has 0 fully saturated rings. The molecule has 0 spiro atoms. The van der Waals surface area contributed by atoms with Crippen molar-refractivity contribution in [3.63, 3.8) is 0 Å². The van der Waals surface area contributed by atoms with Crippen molar-refractivity contribution < 1.29 is 14.3 Å². The number of amides is 2. The molecule has 0 saturated heterocycles. The van der Waals surface area contributed by atoms with Crippen LogP contribution in [0, 0.1) is 5.92 Å². The van der Waals surface area contributed by atoms with Crippen LogP contribution in [-0.4, -0.2) is 34.2 Å². The van der Waals surface area contributed by atoms with Crippen molar-refractivity contribution in [3.05, 3.63) is 24.4 Å². The molecule has 0 aromatic heterocycles. The summed E-state index contributed by atoms with van der Waals surface area (Å²) in [6.45, 7) is 5.70. The van der Waals surface area contributed by atoms with Gasteiger partial charge in [-0.1, -0.05) is 19.1 Å². The molecule has 17 heavy (non-hydrogen) atoms. The van der Waals surface area contributed by atoms with Crippen molar-refractivity contribution in [3.8, 4) is 0 Å². The van der Waals surface area contributed by atoms with Crippen LogP contribution in [-0.2, 0) is 9.53 Å². The van der Waals surface area contributed by atoms with E-state index in [1.807, 2.05) is 25.2 Å². The monoisotopic (exact) mass is 236 g/mol.